The third-order valence-corrected chi connectivity index (χ3v) is 4.47. The largest absolute Gasteiger partial charge is 0.464 e. The van der Waals surface area contributed by atoms with Crippen molar-refractivity contribution < 1.29 is 18.5 Å². The van der Waals surface area contributed by atoms with Gasteiger partial charge in [-0.05, 0) is 56.5 Å². The highest BCUT2D eigenvalue weighted by Crippen LogP contribution is 2.35. The molecule has 0 atom stereocenters. The van der Waals surface area contributed by atoms with Gasteiger partial charge >= 0.3 is 11.9 Å². The quantitative estimate of drug-likeness (QED) is 0.556. The number of aromatic amines is 1. The van der Waals surface area contributed by atoms with Gasteiger partial charge in [-0.1, -0.05) is 17.7 Å². The topological polar surface area (TPSA) is 72.0 Å². The first kappa shape index (κ1) is 17.9. The number of ether oxygens (including phenoxy) is 1. The minimum absolute atomic E-state index is 0.0833. The van der Waals surface area contributed by atoms with Crippen LogP contribution in [0.15, 0.2) is 24.3 Å². The lowest BCUT2D eigenvalue weighted by Gasteiger charge is -2.14. The van der Waals surface area contributed by atoms with Crippen LogP contribution in [0.4, 0.5) is 10.3 Å². The fourth-order valence-electron chi connectivity index (χ4n) is 3.59. The summed E-state index contributed by atoms with van der Waals surface area (Å²) in [5, 5.41) is 0. The van der Waals surface area contributed by atoms with Crippen molar-refractivity contribution in [3.8, 4) is 11.1 Å². The molecule has 0 spiro atoms. The monoisotopic (exact) mass is 356 g/mol. The van der Waals surface area contributed by atoms with Crippen LogP contribution in [0.25, 0.3) is 22.2 Å². The van der Waals surface area contributed by atoms with Crippen LogP contribution in [0.2, 0.25) is 0 Å². The maximum atomic E-state index is 15.0. The Labute approximate surface area is 151 Å². The average molecular weight is 356 g/mol. The second-order valence-corrected chi connectivity index (χ2v) is 6.49. The van der Waals surface area contributed by atoms with E-state index in [1.165, 1.54) is 6.07 Å². The number of anilines is 1. The molecule has 1 aromatic heterocycles. The van der Waals surface area contributed by atoms with Crippen LogP contribution < -0.4 is 10.3 Å². The van der Waals surface area contributed by atoms with E-state index in [9.17, 15) is 9.18 Å². The molecule has 0 bridgehead atoms. The number of esters is 1. The van der Waals surface area contributed by atoms with Gasteiger partial charge in [-0.3, -0.25) is 5.73 Å². The Morgan fingerprint density at radius 1 is 1.19 bits per heavy atom. The summed E-state index contributed by atoms with van der Waals surface area (Å²) in [6.45, 7) is 7.86. The Morgan fingerprint density at radius 2 is 1.85 bits per heavy atom. The number of benzene rings is 2. The van der Waals surface area contributed by atoms with Crippen molar-refractivity contribution in [3.05, 3.63) is 46.8 Å². The first-order valence-corrected chi connectivity index (χ1v) is 8.56. The summed E-state index contributed by atoms with van der Waals surface area (Å²) >= 11 is 0. The number of nitrogens with zero attached hydrogens (tertiary/aromatic N) is 1. The van der Waals surface area contributed by atoms with E-state index in [1.807, 2.05) is 32.9 Å². The fourth-order valence-corrected chi connectivity index (χ4v) is 3.59. The second kappa shape index (κ2) is 6.78. The van der Waals surface area contributed by atoms with E-state index < -0.39 is 5.97 Å². The number of aryl methyl sites for hydroxylation is 3. The van der Waals surface area contributed by atoms with Crippen LogP contribution in [-0.4, -0.2) is 17.6 Å². The number of nitrogen functional groups attached to an aromatic ring is 1. The zero-order valence-corrected chi connectivity index (χ0v) is 15.4. The highest BCUT2D eigenvalue weighted by atomic mass is 19.1. The van der Waals surface area contributed by atoms with Gasteiger partial charge in [-0.15, -0.1) is 0 Å². The molecule has 1 heterocycles. The Hall–Kier alpha value is -2.89. The SMILES string of the molecule is CCOC(=O)C[n+]1c(N)[nH]c2ccc(F)c(-c3c(C)cc(C)cc3C)c21. The van der Waals surface area contributed by atoms with Crippen LogP contribution >= 0.6 is 0 Å². The normalized spacial score (nSPS) is 11.1. The van der Waals surface area contributed by atoms with E-state index in [2.05, 4.69) is 4.98 Å². The molecule has 0 unspecified atom stereocenters. The number of hydrogen-bond acceptors (Lipinski definition) is 3. The highest BCUT2D eigenvalue weighted by Gasteiger charge is 2.25. The third kappa shape index (κ3) is 3.03. The number of carbonyl (C=O) groups excluding carboxylic acids is 1. The van der Waals surface area contributed by atoms with Crippen molar-refractivity contribution in [2.45, 2.75) is 34.2 Å². The van der Waals surface area contributed by atoms with Gasteiger partial charge in [0.15, 0.2) is 12.1 Å². The predicted molar refractivity (Wildman–Crippen MR) is 99.1 cm³/mol. The lowest BCUT2D eigenvalue weighted by molar-refractivity contribution is -0.644. The van der Waals surface area contributed by atoms with Crippen molar-refractivity contribution in [1.29, 1.82) is 0 Å². The van der Waals surface area contributed by atoms with Crippen molar-refractivity contribution in [1.82, 2.24) is 4.98 Å². The summed E-state index contributed by atoms with van der Waals surface area (Å²) in [6.07, 6.45) is 0. The fraction of sp³-hybridized carbons (Fsp3) is 0.300. The Bertz CT molecular complexity index is 985. The van der Waals surface area contributed by atoms with Crippen LogP contribution in [-0.2, 0) is 16.1 Å². The molecule has 136 valence electrons. The van der Waals surface area contributed by atoms with Gasteiger partial charge < -0.3 is 4.74 Å². The minimum atomic E-state index is -0.419. The van der Waals surface area contributed by atoms with E-state index in [-0.39, 0.29) is 24.9 Å². The van der Waals surface area contributed by atoms with Crippen LogP contribution in [0.1, 0.15) is 23.6 Å². The maximum Gasteiger partial charge on any atom is 0.354 e. The molecule has 0 aliphatic heterocycles. The second-order valence-electron chi connectivity index (χ2n) is 6.49. The number of aromatic nitrogens is 2. The van der Waals surface area contributed by atoms with E-state index in [0.29, 0.717) is 16.6 Å². The molecule has 26 heavy (non-hydrogen) atoms. The molecule has 0 aliphatic carbocycles. The molecule has 0 saturated carbocycles. The Morgan fingerprint density at radius 3 is 2.46 bits per heavy atom. The zero-order chi connectivity index (χ0) is 19.0. The molecule has 3 N–H and O–H groups in total. The summed E-state index contributed by atoms with van der Waals surface area (Å²) in [4.78, 5) is 15.0. The Kier molecular flexibility index (Phi) is 4.68. The van der Waals surface area contributed by atoms with E-state index >= 15 is 0 Å². The molecule has 3 rings (SSSR count). The number of H-pyrrole nitrogens is 1. The van der Waals surface area contributed by atoms with E-state index in [1.54, 1.807) is 17.6 Å². The first-order chi connectivity index (χ1) is 12.3. The maximum absolute atomic E-state index is 15.0. The molecule has 0 fully saturated rings. The number of carbonyl (C=O) groups is 1. The van der Waals surface area contributed by atoms with Gasteiger partial charge in [0.05, 0.1) is 12.2 Å². The number of nitrogens with one attached hydrogen (secondary N) is 1. The van der Waals surface area contributed by atoms with Crippen LogP contribution in [0.3, 0.4) is 0 Å². The van der Waals surface area contributed by atoms with Gasteiger partial charge in [-0.2, -0.15) is 0 Å². The number of hydrogen-bond donors (Lipinski definition) is 2. The summed E-state index contributed by atoms with van der Waals surface area (Å²) in [5.41, 5.74) is 11.6. The molecule has 0 amide bonds. The number of fused-ring (bicyclic) bond motifs is 1. The molecule has 0 aliphatic rings. The highest BCUT2D eigenvalue weighted by molar-refractivity contribution is 5.93. The van der Waals surface area contributed by atoms with Gasteiger partial charge in [0, 0.05) is 0 Å². The van der Waals surface area contributed by atoms with Gasteiger partial charge in [0.1, 0.15) is 11.3 Å². The summed E-state index contributed by atoms with van der Waals surface area (Å²) < 4.78 is 21.6. The zero-order valence-electron chi connectivity index (χ0n) is 15.4. The molecule has 0 saturated heterocycles. The van der Waals surface area contributed by atoms with Crippen molar-refractivity contribution in [2.75, 3.05) is 12.3 Å². The molecular formula is C20H23FN3O2+. The standard InChI is InChI=1S/C20H22FN3O2/c1-5-26-16(25)10-24-19-15(23-20(24)22)7-6-14(21)18(19)17-12(3)8-11(2)9-13(17)4/h6-9H,5,10H2,1-4H3,(H2,22,23)/p+1. The molecule has 3 aromatic rings. The smallest absolute Gasteiger partial charge is 0.354 e. The van der Waals surface area contributed by atoms with Gasteiger partial charge in [-0.25, -0.2) is 18.7 Å². The number of rotatable bonds is 4. The minimum Gasteiger partial charge on any atom is -0.464 e. The number of nitrogens with two attached hydrogens (primary N) is 1. The van der Waals surface area contributed by atoms with E-state index in [4.69, 9.17) is 10.5 Å². The number of imidazole rings is 1. The van der Waals surface area contributed by atoms with Crippen LogP contribution in [0, 0.1) is 26.6 Å². The lowest BCUT2D eigenvalue weighted by atomic mass is 9.92. The molecule has 6 heteroatoms. The van der Waals surface area contributed by atoms with E-state index in [0.717, 1.165) is 22.3 Å². The molecule has 2 aromatic carbocycles. The summed E-state index contributed by atoms with van der Waals surface area (Å²) in [5.74, 6) is -0.496. The summed E-state index contributed by atoms with van der Waals surface area (Å²) in [6, 6.07) is 7.09. The molecular weight excluding hydrogens is 333 g/mol. The van der Waals surface area contributed by atoms with Crippen molar-refractivity contribution in [2.24, 2.45) is 0 Å². The predicted octanol–water partition coefficient (Wildman–Crippen LogP) is 3.33. The molecule has 5 nitrogen and oxygen atoms in total. The molecule has 0 radical (unpaired) electrons. The van der Waals surface area contributed by atoms with Gasteiger partial charge in [0.25, 0.3) is 0 Å². The average Bonchev–Trinajstić information content (AvgIpc) is 2.85. The third-order valence-electron chi connectivity index (χ3n) is 4.47. The number of halogens is 1. The lowest BCUT2D eigenvalue weighted by Crippen LogP contribution is -2.40. The summed E-state index contributed by atoms with van der Waals surface area (Å²) in [7, 11) is 0. The van der Waals surface area contributed by atoms with Crippen molar-refractivity contribution >= 4 is 23.0 Å². The first-order valence-electron chi connectivity index (χ1n) is 8.56. The van der Waals surface area contributed by atoms with Crippen LogP contribution in [0.5, 0.6) is 0 Å². The van der Waals surface area contributed by atoms with Crippen molar-refractivity contribution in [3.63, 3.8) is 0 Å². The van der Waals surface area contributed by atoms with Gasteiger partial charge in [0.2, 0.25) is 0 Å². The Balaban J connectivity index is 2.32.